The van der Waals surface area contributed by atoms with Crippen molar-refractivity contribution in [2.24, 2.45) is 0 Å². The number of rotatable bonds is 8. The maximum Gasteiger partial charge on any atom is 0.146 e. The first-order valence-corrected chi connectivity index (χ1v) is 7.37. The normalized spacial score (nSPS) is 10.4. The molecule has 1 aromatic carbocycles. The number of nitrogens with one attached hydrogen (secondary N) is 1. The van der Waals surface area contributed by atoms with Gasteiger partial charge in [0.15, 0.2) is 0 Å². The van der Waals surface area contributed by atoms with Gasteiger partial charge < -0.3 is 14.8 Å². The maximum atomic E-state index is 5.84. The van der Waals surface area contributed by atoms with E-state index >= 15 is 0 Å². The van der Waals surface area contributed by atoms with Crippen LogP contribution >= 0.6 is 0 Å². The summed E-state index contributed by atoms with van der Waals surface area (Å²) >= 11 is 0. The van der Waals surface area contributed by atoms with Crippen LogP contribution in [0.25, 0.3) is 0 Å². The second-order valence-corrected chi connectivity index (χ2v) is 4.72. The monoisotopic (exact) mass is 286 g/mol. The zero-order chi connectivity index (χ0) is 14.9. The number of benzene rings is 1. The van der Waals surface area contributed by atoms with Gasteiger partial charge in [0.2, 0.25) is 0 Å². The summed E-state index contributed by atoms with van der Waals surface area (Å²) in [6, 6.07) is 9.62. The molecular weight excluding hydrogens is 264 g/mol. The second kappa shape index (κ2) is 8.27. The van der Waals surface area contributed by atoms with E-state index in [2.05, 4.69) is 17.2 Å². The first-order valence-electron chi connectivity index (χ1n) is 7.37. The molecule has 1 N–H and O–H groups in total. The van der Waals surface area contributed by atoms with Gasteiger partial charge in [0, 0.05) is 18.8 Å². The molecule has 0 amide bonds. The number of ether oxygens (including phenoxy) is 2. The van der Waals surface area contributed by atoms with Crippen molar-refractivity contribution >= 4 is 0 Å². The Hall–Kier alpha value is -2.07. The Bertz CT molecular complexity index is 558. The Morgan fingerprint density at radius 2 is 1.90 bits per heavy atom. The average molecular weight is 286 g/mol. The third kappa shape index (κ3) is 5.08. The van der Waals surface area contributed by atoms with Crippen LogP contribution in [0.4, 0.5) is 0 Å². The second-order valence-electron chi connectivity index (χ2n) is 4.72. The fourth-order valence-corrected chi connectivity index (χ4v) is 1.96. The molecule has 112 valence electrons. The lowest BCUT2D eigenvalue weighted by Crippen LogP contribution is -2.13. The van der Waals surface area contributed by atoms with Crippen molar-refractivity contribution in [3.63, 3.8) is 0 Å². The SMILES string of the molecule is CCCNCc1cncc(Oc2cccc(OCC)c2)c1. The van der Waals surface area contributed by atoms with Crippen molar-refractivity contribution in [1.82, 2.24) is 10.3 Å². The van der Waals surface area contributed by atoms with Gasteiger partial charge in [-0.1, -0.05) is 13.0 Å². The number of pyridine rings is 1. The molecule has 0 bridgehead atoms. The highest BCUT2D eigenvalue weighted by molar-refractivity contribution is 5.36. The van der Waals surface area contributed by atoms with Gasteiger partial charge in [-0.05, 0) is 43.7 Å². The minimum Gasteiger partial charge on any atom is -0.494 e. The predicted molar refractivity (Wildman–Crippen MR) is 83.9 cm³/mol. The van der Waals surface area contributed by atoms with E-state index in [1.807, 2.05) is 43.5 Å². The molecule has 2 rings (SSSR count). The van der Waals surface area contributed by atoms with Crippen LogP contribution < -0.4 is 14.8 Å². The molecule has 4 heteroatoms. The highest BCUT2D eigenvalue weighted by Crippen LogP contribution is 2.25. The minimum atomic E-state index is 0.642. The molecule has 4 nitrogen and oxygen atoms in total. The highest BCUT2D eigenvalue weighted by atomic mass is 16.5. The first kappa shape index (κ1) is 15.3. The fourth-order valence-electron chi connectivity index (χ4n) is 1.96. The summed E-state index contributed by atoms with van der Waals surface area (Å²) in [6.07, 6.45) is 4.69. The Balaban J connectivity index is 2.01. The van der Waals surface area contributed by atoms with Gasteiger partial charge in [-0.15, -0.1) is 0 Å². The van der Waals surface area contributed by atoms with Crippen molar-refractivity contribution in [2.45, 2.75) is 26.8 Å². The summed E-state index contributed by atoms with van der Waals surface area (Å²) < 4.78 is 11.3. The van der Waals surface area contributed by atoms with E-state index in [1.165, 1.54) is 0 Å². The first-order chi connectivity index (χ1) is 10.3. The molecular formula is C17H22N2O2. The predicted octanol–water partition coefficient (Wildman–Crippen LogP) is 3.77. The van der Waals surface area contributed by atoms with Crippen LogP contribution in [-0.4, -0.2) is 18.1 Å². The molecule has 0 aliphatic carbocycles. The topological polar surface area (TPSA) is 43.4 Å². The third-order valence-electron chi connectivity index (χ3n) is 2.88. The number of nitrogens with zero attached hydrogens (tertiary/aromatic N) is 1. The maximum absolute atomic E-state index is 5.84. The summed E-state index contributed by atoms with van der Waals surface area (Å²) in [4.78, 5) is 4.22. The molecule has 0 atom stereocenters. The minimum absolute atomic E-state index is 0.642. The van der Waals surface area contributed by atoms with E-state index in [9.17, 15) is 0 Å². The van der Waals surface area contributed by atoms with E-state index in [4.69, 9.17) is 9.47 Å². The largest absolute Gasteiger partial charge is 0.494 e. The quantitative estimate of drug-likeness (QED) is 0.750. The average Bonchev–Trinajstić information content (AvgIpc) is 2.49. The summed E-state index contributed by atoms with van der Waals surface area (Å²) in [7, 11) is 0. The molecule has 0 aliphatic heterocycles. The molecule has 0 saturated carbocycles. The molecule has 2 aromatic rings. The van der Waals surface area contributed by atoms with Crippen LogP contribution in [0, 0.1) is 0 Å². The van der Waals surface area contributed by atoms with Crippen LogP contribution in [0.5, 0.6) is 17.2 Å². The fraction of sp³-hybridized carbons (Fsp3) is 0.353. The summed E-state index contributed by atoms with van der Waals surface area (Å²) in [5.74, 6) is 2.30. The van der Waals surface area contributed by atoms with Crippen LogP contribution in [-0.2, 0) is 6.54 Å². The molecule has 0 spiro atoms. The van der Waals surface area contributed by atoms with Crippen LogP contribution in [0.1, 0.15) is 25.8 Å². The van der Waals surface area contributed by atoms with E-state index < -0.39 is 0 Å². The summed E-state index contributed by atoms with van der Waals surface area (Å²) in [5, 5.41) is 3.35. The molecule has 1 aromatic heterocycles. The van der Waals surface area contributed by atoms with E-state index in [0.29, 0.717) is 6.61 Å². The number of aromatic nitrogens is 1. The molecule has 0 fully saturated rings. The summed E-state index contributed by atoms with van der Waals surface area (Å²) in [5.41, 5.74) is 1.11. The zero-order valence-electron chi connectivity index (χ0n) is 12.6. The standard InChI is InChI=1S/C17H22N2O2/c1-3-8-18-11-14-9-17(13-19-12-14)21-16-7-5-6-15(10-16)20-4-2/h5-7,9-10,12-13,18H,3-4,8,11H2,1-2H3. The van der Waals surface area contributed by atoms with Gasteiger partial charge in [0.05, 0.1) is 12.8 Å². The van der Waals surface area contributed by atoms with Gasteiger partial charge in [-0.25, -0.2) is 0 Å². The van der Waals surface area contributed by atoms with Crippen LogP contribution in [0.3, 0.4) is 0 Å². The van der Waals surface area contributed by atoms with Crippen LogP contribution in [0.15, 0.2) is 42.7 Å². The Labute approximate surface area is 126 Å². The molecule has 1 heterocycles. The molecule has 0 unspecified atom stereocenters. The molecule has 0 aliphatic rings. The van der Waals surface area contributed by atoms with Crippen molar-refractivity contribution < 1.29 is 9.47 Å². The van der Waals surface area contributed by atoms with Gasteiger partial charge in [-0.3, -0.25) is 4.98 Å². The van der Waals surface area contributed by atoms with Gasteiger partial charge in [0.1, 0.15) is 17.2 Å². The Morgan fingerprint density at radius 3 is 2.71 bits per heavy atom. The lowest BCUT2D eigenvalue weighted by Gasteiger charge is -2.09. The van der Waals surface area contributed by atoms with Crippen molar-refractivity contribution in [1.29, 1.82) is 0 Å². The van der Waals surface area contributed by atoms with E-state index in [1.54, 1.807) is 6.20 Å². The third-order valence-corrected chi connectivity index (χ3v) is 2.88. The van der Waals surface area contributed by atoms with E-state index in [0.717, 1.165) is 42.3 Å². The van der Waals surface area contributed by atoms with Crippen molar-refractivity contribution in [3.05, 3.63) is 48.3 Å². The lowest BCUT2D eigenvalue weighted by molar-refractivity contribution is 0.338. The number of hydrogen-bond donors (Lipinski definition) is 1. The Morgan fingerprint density at radius 1 is 1.05 bits per heavy atom. The molecule has 0 radical (unpaired) electrons. The molecule has 0 saturated heterocycles. The van der Waals surface area contributed by atoms with E-state index in [-0.39, 0.29) is 0 Å². The van der Waals surface area contributed by atoms with Crippen LogP contribution in [0.2, 0.25) is 0 Å². The lowest BCUT2D eigenvalue weighted by atomic mass is 10.2. The highest BCUT2D eigenvalue weighted by Gasteiger charge is 2.02. The number of hydrogen-bond acceptors (Lipinski definition) is 4. The van der Waals surface area contributed by atoms with Gasteiger partial charge in [-0.2, -0.15) is 0 Å². The van der Waals surface area contributed by atoms with Crippen molar-refractivity contribution in [3.8, 4) is 17.2 Å². The van der Waals surface area contributed by atoms with Gasteiger partial charge >= 0.3 is 0 Å². The Kier molecular flexibility index (Phi) is 6.03. The van der Waals surface area contributed by atoms with Gasteiger partial charge in [0.25, 0.3) is 0 Å². The zero-order valence-corrected chi connectivity index (χ0v) is 12.6. The van der Waals surface area contributed by atoms with Crippen molar-refractivity contribution in [2.75, 3.05) is 13.2 Å². The molecule has 21 heavy (non-hydrogen) atoms. The summed E-state index contributed by atoms with van der Waals surface area (Å²) in [6.45, 7) is 6.56. The smallest absolute Gasteiger partial charge is 0.146 e.